The number of aliphatic imine (C=N–C) groups is 3. The second kappa shape index (κ2) is 24.4. The van der Waals surface area contributed by atoms with Crippen molar-refractivity contribution in [1.82, 2.24) is 9.78 Å². The first kappa shape index (κ1) is 50.8. The van der Waals surface area contributed by atoms with Crippen molar-refractivity contribution in [2.75, 3.05) is 29.9 Å². The van der Waals surface area contributed by atoms with Crippen molar-refractivity contribution in [2.45, 2.75) is 144 Å². The van der Waals surface area contributed by atoms with Crippen LogP contribution in [0.3, 0.4) is 0 Å². The Bertz CT molecular complexity index is 2350. The number of carbonyl (C=O) groups is 2. The number of phenols is 1. The minimum Gasteiger partial charge on any atom is -0.508 e. The Morgan fingerprint density at radius 1 is 0.862 bits per heavy atom. The van der Waals surface area contributed by atoms with Gasteiger partial charge in [0.1, 0.15) is 23.0 Å². The molecular formula is C51H67Cl2N7O5. The van der Waals surface area contributed by atoms with Crippen LogP contribution < -0.4 is 15.0 Å². The molecule has 1 atom stereocenters. The van der Waals surface area contributed by atoms with Gasteiger partial charge in [-0.2, -0.15) is 14.8 Å². The van der Waals surface area contributed by atoms with E-state index in [1.54, 1.807) is 43.3 Å². The average Bonchev–Trinajstić information content (AvgIpc) is 3.88. The number of hydrogen-bond donors (Lipinski definition) is 2. The molecule has 4 aromatic rings. The van der Waals surface area contributed by atoms with Crippen LogP contribution in [0.25, 0.3) is 0 Å². The Morgan fingerprint density at radius 3 is 2.20 bits per heavy atom. The number of nitrogens with zero attached hydrogens (tertiary/aromatic N) is 6. The lowest BCUT2D eigenvalue weighted by Gasteiger charge is -2.23. The predicted octanol–water partition coefficient (Wildman–Crippen LogP) is 13.0. The molecule has 1 amide bonds. The normalized spacial score (nSPS) is 13.7. The molecule has 0 aliphatic carbocycles. The third-order valence-corrected chi connectivity index (χ3v) is 11.8. The molecule has 5 rings (SSSR count). The van der Waals surface area contributed by atoms with Crippen LogP contribution in [-0.2, 0) is 14.9 Å². The van der Waals surface area contributed by atoms with Gasteiger partial charge in [-0.15, -0.1) is 0 Å². The number of ether oxygens (including phenoxy) is 2. The fourth-order valence-electron chi connectivity index (χ4n) is 7.72. The van der Waals surface area contributed by atoms with E-state index in [9.17, 15) is 14.7 Å². The summed E-state index contributed by atoms with van der Waals surface area (Å²) in [4.78, 5) is 44.8. The third kappa shape index (κ3) is 14.1. The average molecular weight is 929 g/mol. The van der Waals surface area contributed by atoms with Gasteiger partial charge in [0.25, 0.3) is 11.9 Å². The van der Waals surface area contributed by atoms with Crippen LogP contribution in [0.15, 0.2) is 75.6 Å². The Hall–Kier alpha value is -5.20. The van der Waals surface area contributed by atoms with Crippen molar-refractivity contribution in [3.63, 3.8) is 0 Å². The van der Waals surface area contributed by atoms with Crippen molar-refractivity contribution < 1.29 is 24.2 Å². The Morgan fingerprint density at radius 2 is 1.57 bits per heavy atom. The van der Waals surface area contributed by atoms with E-state index in [1.807, 2.05) is 39.8 Å². The molecule has 1 aliphatic heterocycles. The predicted molar refractivity (Wildman–Crippen MR) is 267 cm³/mol. The molecule has 0 fully saturated rings. The van der Waals surface area contributed by atoms with Crippen molar-refractivity contribution >= 4 is 69.8 Å². The monoisotopic (exact) mass is 927 g/mol. The van der Waals surface area contributed by atoms with E-state index >= 15 is 0 Å². The molecule has 1 aromatic heterocycles. The van der Waals surface area contributed by atoms with Crippen LogP contribution in [-0.4, -0.2) is 70.1 Å². The van der Waals surface area contributed by atoms with Crippen LogP contribution in [0.2, 0.25) is 10.0 Å². The largest absolute Gasteiger partial charge is 0.508 e. The number of rotatable bonds is 23. The molecule has 2 N–H and O–H groups in total. The quantitative estimate of drug-likeness (QED) is 0.0557. The first-order valence-electron chi connectivity index (χ1n) is 23.3. The number of aromatic hydroxyl groups is 1. The zero-order valence-electron chi connectivity index (χ0n) is 39.5. The van der Waals surface area contributed by atoms with E-state index in [4.69, 9.17) is 47.7 Å². The number of unbranched alkanes of at least 4 members (excludes halogenated alkanes) is 9. The highest BCUT2D eigenvalue weighted by atomic mass is 35.5. The van der Waals surface area contributed by atoms with Gasteiger partial charge < -0.3 is 24.8 Å². The Kier molecular flexibility index (Phi) is 19.0. The summed E-state index contributed by atoms with van der Waals surface area (Å²) in [6.45, 7) is 18.2. The summed E-state index contributed by atoms with van der Waals surface area (Å²) < 4.78 is 13.1. The SMILES string of the molecule is CCCCCCCCCCCCC(Oc1ccc(O)c(C(C)(C)C)c1)C(=O)Nc1cc(C(=O)OCC)nn1C1=NC(=Nc2ccc(N(CC)CCC)cc2C)C(c2ccc(Cl)cc2Cl)=N1. The summed E-state index contributed by atoms with van der Waals surface area (Å²) in [5.41, 5.74) is 3.85. The second-order valence-electron chi connectivity index (χ2n) is 17.5. The first-order chi connectivity index (χ1) is 31.2. The minimum absolute atomic E-state index is 0.0329. The van der Waals surface area contributed by atoms with Crippen molar-refractivity contribution in [1.29, 1.82) is 0 Å². The molecule has 0 saturated carbocycles. The number of aromatic nitrogens is 2. The van der Waals surface area contributed by atoms with Gasteiger partial charge in [-0.3, -0.25) is 4.79 Å². The summed E-state index contributed by atoms with van der Waals surface area (Å²) in [5, 5.41) is 19.0. The molecule has 350 valence electrons. The lowest BCUT2D eigenvalue weighted by molar-refractivity contribution is -0.123. The smallest absolute Gasteiger partial charge is 0.358 e. The van der Waals surface area contributed by atoms with Crippen LogP contribution in [0.4, 0.5) is 17.2 Å². The Labute approximate surface area is 395 Å². The van der Waals surface area contributed by atoms with Gasteiger partial charge in [0.2, 0.25) is 0 Å². The van der Waals surface area contributed by atoms with Crippen LogP contribution in [0.1, 0.15) is 153 Å². The van der Waals surface area contributed by atoms with Gasteiger partial charge in [0.05, 0.1) is 17.3 Å². The van der Waals surface area contributed by atoms with E-state index in [1.165, 1.54) is 49.3 Å². The number of amidine groups is 1. The van der Waals surface area contributed by atoms with E-state index in [0.717, 1.165) is 56.4 Å². The number of phenolic OH excluding ortho intramolecular Hbond substituents is 1. The Balaban J connectivity index is 1.51. The number of benzene rings is 3. The number of aryl methyl sites for hydroxylation is 1. The number of amides is 1. The number of nitrogens with one attached hydrogen (secondary N) is 1. The summed E-state index contributed by atoms with van der Waals surface area (Å²) in [7, 11) is 0. The maximum Gasteiger partial charge on any atom is 0.358 e. The van der Waals surface area contributed by atoms with E-state index < -0.39 is 18.0 Å². The molecule has 3 aromatic carbocycles. The summed E-state index contributed by atoms with van der Waals surface area (Å²) in [6.07, 6.45) is 11.9. The second-order valence-corrected chi connectivity index (χ2v) is 18.4. The van der Waals surface area contributed by atoms with E-state index in [2.05, 4.69) is 42.2 Å². The van der Waals surface area contributed by atoms with Gasteiger partial charge >= 0.3 is 5.97 Å². The van der Waals surface area contributed by atoms with Crippen molar-refractivity contribution in [3.8, 4) is 11.5 Å². The lowest BCUT2D eigenvalue weighted by Crippen LogP contribution is -2.34. The standard InChI is InChI=1S/C51H67Cl2N7O5/c1-9-13-14-15-16-17-18-19-20-21-22-44(65-37-25-28-43(61)39(32-37)51(6,7)8)48(62)55-45-33-42(49(63)64-12-4)58-60(45)50-56-46(38-26-23-35(52)31-40(38)53)47(57-50)54-41-27-24-36(30-34(41)5)59(11-3)29-10-2/h23-28,30-33,44,61H,9-22,29H2,1-8H3,(H,55,62). The molecule has 0 radical (unpaired) electrons. The number of esters is 1. The van der Waals surface area contributed by atoms with Gasteiger partial charge in [0.15, 0.2) is 17.6 Å². The van der Waals surface area contributed by atoms with Gasteiger partial charge in [0, 0.05) is 41.0 Å². The van der Waals surface area contributed by atoms with Crippen LogP contribution in [0, 0.1) is 6.92 Å². The topological polar surface area (TPSA) is 143 Å². The molecule has 1 unspecified atom stereocenters. The highest BCUT2D eigenvalue weighted by Gasteiger charge is 2.30. The van der Waals surface area contributed by atoms with Crippen LogP contribution in [0.5, 0.6) is 11.5 Å². The number of anilines is 2. The van der Waals surface area contributed by atoms with Gasteiger partial charge in [-0.05, 0) is 106 Å². The van der Waals surface area contributed by atoms with Crippen molar-refractivity contribution in [3.05, 3.63) is 93.1 Å². The summed E-state index contributed by atoms with van der Waals surface area (Å²) in [6, 6.07) is 17.7. The zero-order chi connectivity index (χ0) is 47.1. The number of carbonyl (C=O) groups excluding carboxylic acids is 2. The highest BCUT2D eigenvalue weighted by molar-refractivity contribution is 6.55. The van der Waals surface area contributed by atoms with Crippen LogP contribution >= 0.6 is 23.2 Å². The molecule has 0 saturated heterocycles. The molecule has 12 nitrogen and oxygen atoms in total. The highest BCUT2D eigenvalue weighted by Crippen LogP contribution is 2.35. The third-order valence-electron chi connectivity index (χ3n) is 11.3. The maximum absolute atomic E-state index is 14.5. The summed E-state index contributed by atoms with van der Waals surface area (Å²) in [5.74, 6) is -0.139. The van der Waals surface area contributed by atoms with Gasteiger partial charge in [-0.1, -0.05) is 116 Å². The van der Waals surface area contributed by atoms with Crippen molar-refractivity contribution in [2.24, 2.45) is 15.0 Å². The number of hydrogen-bond acceptors (Lipinski definition) is 9. The van der Waals surface area contributed by atoms with Gasteiger partial charge in [-0.25, -0.2) is 14.8 Å². The van der Waals surface area contributed by atoms with E-state index in [0.29, 0.717) is 44.7 Å². The van der Waals surface area contributed by atoms with E-state index in [-0.39, 0.29) is 41.1 Å². The molecule has 2 heterocycles. The maximum atomic E-state index is 14.5. The molecule has 1 aliphatic rings. The lowest BCUT2D eigenvalue weighted by atomic mass is 9.86. The molecular weight excluding hydrogens is 862 g/mol. The molecule has 14 heteroatoms. The molecule has 0 bridgehead atoms. The fraction of sp³-hybridized carbons (Fsp3) is 0.490. The zero-order valence-corrected chi connectivity index (χ0v) is 41.0. The molecule has 65 heavy (non-hydrogen) atoms. The minimum atomic E-state index is -0.933. The number of halogens is 2. The first-order valence-corrected chi connectivity index (χ1v) is 24.1. The summed E-state index contributed by atoms with van der Waals surface area (Å²) >= 11 is 13.1. The molecule has 0 spiro atoms. The fourth-order valence-corrected chi connectivity index (χ4v) is 8.22.